The average Bonchev–Trinajstić information content (AvgIpc) is 3.15. The maximum atomic E-state index is 12.5. The number of aromatic nitrogens is 3. The molecule has 3 rings (SSSR count). The van der Waals surface area contributed by atoms with Crippen molar-refractivity contribution in [2.75, 3.05) is 18.2 Å². The molecule has 3 aromatic rings. The highest BCUT2D eigenvalue weighted by atomic mass is 35.5. The van der Waals surface area contributed by atoms with Crippen LogP contribution in [-0.2, 0) is 11.3 Å². The molecule has 0 aliphatic carbocycles. The zero-order valence-electron chi connectivity index (χ0n) is 17.5. The van der Waals surface area contributed by atoms with Crippen molar-refractivity contribution in [3.05, 3.63) is 71.0 Å². The minimum absolute atomic E-state index is 0.120. The highest BCUT2D eigenvalue weighted by Crippen LogP contribution is 2.29. The summed E-state index contributed by atoms with van der Waals surface area (Å²) >= 11 is 13.3. The van der Waals surface area contributed by atoms with Gasteiger partial charge in [0.1, 0.15) is 11.5 Å². The van der Waals surface area contributed by atoms with Gasteiger partial charge in [-0.2, -0.15) is 0 Å². The Balaban J connectivity index is 1.69. The van der Waals surface area contributed by atoms with E-state index in [1.807, 2.05) is 23.6 Å². The van der Waals surface area contributed by atoms with Gasteiger partial charge in [0, 0.05) is 16.6 Å². The van der Waals surface area contributed by atoms with Gasteiger partial charge in [-0.25, -0.2) is 0 Å². The summed E-state index contributed by atoms with van der Waals surface area (Å²) in [6.07, 6.45) is 1.35. The fourth-order valence-electron chi connectivity index (χ4n) is 2.90. The monoisotopic (exact) mass is 492 g/mol. The lowest BCUT2D eigenvalue weighted by Crippen LogP contribution is -2.16. The van der Waals surface area contributed by atoms with Gasteiger partial charge in [0.25, 0.3) is 0 Å². The van der Waals surface area contributed by atoms with E-state index in [2.05, 4.69) is 22.1 Å². The third-order valence-electron chi connectivity index (χ3n) is 4.30. The fourth-order valence-corrected chi connectivity index (χ4v) is 4.01. The summed E-state index contributed by atoms with van der Waals surface area (Å²) in [5, 5.41) is 13.0. The number of halogens is 2. The number of amides is 1. The first-order valence-corrected chi connectivity index (χ1v) is 11.4. The molecule has 0 spiro atoms. The quantitative estimate of drug-likeness (QED) is 0.291. The van der Waals surface area contributed by atoms with Crippen LogP contribution in [0.5, 0.6) is 11.5 Å². The lowest BCUT2D eigenvalue weighted by atomic mass is 10.3. The van der Waals surface area contributed by atoms with Crippen LogP contribution >= 0.6 is 35.0 Å². The number of thioether (sulfide) groups is 1. The number of nitrogens with one attached hydrogen (secondary N) is 1. The van der Waals surface area contributed by atoms with E-state index < -0.39 is 0 Å². The molecule has 1 heterocycles. The van der Waals surface area contributed by atoms with Crippen LogP contribution in [0.3, 0.4) is 0 Å². The molecule has 0 fully saturated rings. The molecule has 0 aliphatic heterocycles. The molecule has 1 atom stereocenters. The SMILES string of the molecule is C=CCn1c(SCC(=O)Nc2cc(Cl)ccc2OC)nnc1C(C)Oc1cccc(Cl)c1. The van der Waals surface area contributed by atoms with E-state index in [4.69, 9.17) is 32.7 Å². The molecule has 7 nitrogen and oxygen atoms in total. The molecule has 1 unspecified atom stereocenters. The molecular formula is C22H22Cl2N4O3S. The van der Waals surface area contributed by atoms with Crippen LogP contribution in [0.4, 0.5) is 5.69 Å². The van der Waals surface area contributed by atoms with Gasteiger partial charge in [0.05, 0.1) is 18.6 Å². The Morgan fingerprint density at radius 3 is 2.75 bits per heavy atom. The van der Waals surface area contributed by atoms with Crippen molar-refractivity contribution in [2.24, 2.45) is 0 Å². The molecule has 10 heteroatoms. The second kappa shape index (κ2) is 11.3. The Bertz CT molecular complexity index is 1110. The highest BCUT2D eigenvalue weighted by molar-refractivity contribution is 7.99. The third-order valence-corrected chi connectivity index (χ3v) is 5.73. The Morgan fingerprint density at radius 1 is 1.25 bits per heavy atom. The van der Waals surface area contributed by atoms with E-state index in [1.165, 1.54) is 18.9 Å². The van der Waals surface area contributed by atoms with Crippen LogP contribution in [0.2, 0.25) is 10.0 Å². The Kier molecular flexibility index (Phi) is 8.44. The first-order valence-electron chi connectivity index (χ1n) is 9.63. The summed E-state index contributed by atoms with van der Waals surface area (Å²) in [5.41, 5.74) is 0.502. The predicted octanol–water partition coefficient (Wildman–Crippen LogP) is 5.65. The van der Waals surface area contributed by atoms with Crippen molar-refractivity contribution < 1.29 is 14.3 Å². The normalized spacial score (nSPS) is 11.6. The number of nitrogens with zero attached hydrogens (tertiary/aromatic N) is 3. The second-order valence-electron chi connectivity index (χ2n) is 6.64. The number of carbonyl (C=O) groups is 1. The number of ether oxygens (including phenoxy) is 2. The van der Waals surface area contributed by atoms with Gasteiger partial charge in [-0.1, -0.05) is 47.1 Å². The van der Waals surface area contributed by atoms with Crippen molar-refractivity contribution in [2.45, 2.75) is 24.7 Å². The fraction of sp³-hybridized carbons (Fsp3) is 0.227. The molecule has 1 amide bonds. The van der Waals surface area contributed by atoms with Crippen molar-refractivity contribution >= 4 is 46.6 Å². The molecule has 0 saturated carbocycles. The summed E-state index contributed by atoms with van der Waals surface area (Å²) in [6, 6.07) is 12.2. The molecule has 168 valence electrons. The summed E-state index contributed by atoms with van der Waals surface area (Å²) in [7, 11) is 1.53. The van der Waals surface area contributed by atoms with Crippen molar-refractivity contribution in [1.82, 2.24) is 14.8 Å². The smallest absolute Gasteiger partial charge is 0.234 e. The van der Waals surface area contributed by atoms with Gasteiger partial charge in [-0.05, 0) is 43.3 Å². The van der Waals surface area contributed by atoms with Crippen molar-refractivity contribution in [3.63, 3.8) is 0 Å². The Labute approximate surface area is 200 Å². The van der Waals surface area contributed by atoms with E-state index >= 15 is 0 Å². The number of carbonyl (C=O) groups excluding carboxylic acids is 1. The highest BCUT2D eigenvalue weighted by Gasteiger charge is 2.20. The number of anilines is 1. The van der Waals surface area contributed by atoms with E-state index in [0.29, 0.717) is 44.8 Å². The molecule has 1 aromatic heterocycles. The average molecular weight is 493 g/mol. The molecule has 0 saturated heterocycles. The molecule has 0 radical (unpaired) electrons. The predicted molar refractivity (Wildman–Crippen MR) is 128 cm³/mol. The molecule has 1 N–H and O–H groups in total. The number of hydrogen-bond acceptors (Lipinski definition) is 6. The topological polar surface area (TPSA) is 78.3 Å². The Hall–Kier alpha value is -2.68. The first kappa shape index (κ1) is 24.0. The molecule has 0 aliphatic rings. The zero-order valence-corrected chi connectivity index (χ0v) is 19.9. The van der Waals surface area contributed by atoms with E-state index in [1.54, 1.807) is 36.4 Å². The van der Waals surface area contributed by atoms with Gasteiger partial charge >= 0.3 is 0 Å². The Morgan fingerprint density at radius 2 is 2.03 bits per heavy atom. The van der Waals surface area contributed by atoms with Gasteiger partial charge in [-0.3, -0.25) is 9.36 Å². The van der Waals surface area contributed by atoms with Crippen molar-refractivity contribution in [3.8, 4) is 11.5 Å². The van der Waals surface area contributed by atoms with Crippen LogP contribution in [0.1, 0.15) is 18.9 Å². The molecule has 0 bridgehead atoms. The van der Waals surface area contributed by atoms with Gasteiger partial charge in [-0.15, -0.1) is 16.8 Å². The molecule has 32 heavy (non-hydrogen) atoms. The lowest BCUT2D eigenvalue weighted by Gasteiger charge is -2.16. The number of hydrogen-bond donors (Lipinski definition) is 1. The third kappa shape index (κ3) is 6.18. The van der Waals surface area contributed by atoms with Crippen LogP contribution < -0.4 is 14.8 Å². The first-order chi connectivity index (χ1) is 15.4. The number of methoxy groups -OCH3 is 1. The largest absolute Gasteiger partial charge is 0.495 e. The van der Waals surface area contributed by atoms with Crippen LogP contribution in [0.15, 0.2) is 60.3 Å². The zero-order chi connectivity index (χ0) is 23.1. The summed E-state index contributed by atoms with van der Waals surface area (Å²) in [6.45, 7) is 6.14. The standard InChI is InChI=1S/C22H22Cl2N4O3S/c1-4-10-28-21(14(2)31-17-7-5-6-15(23)11-17)26-27-22(28)32-13-20(29)25-18-12-16(24)8-9-19(18)30-3/h4-9,11-12,14H,1,10,13H2,2-3H3,(H,25,29). The van der Waals surface area contributed by atoms with E-state index in [0.717, 1.165) is 0 Å². The minimum Gasteiger partial charge on any atom is -0.495 e. The maximum absolute atomic E-state index is 12.5. The number of allylic oxidation sites excluding steroid dienone is 1. The van der Waals surface area contributed by atoms with Crippen LogP contribution in [0.25, 0.3) is 0 Å². The van der Waals surface area contributed by atoms with Gasteiger partial charge in [0.2, 0.25) is 5.91 Å². The lowest BCUT2D eigenvalue weighted by molar-refractivity contribution is -0.113. The second-order valence-corrected chi connectivity index (χ2v) is 8.45. The maximum Gasteiger partial charge on any atom is 0.234 e. The van der Waals surface area contributed by atoms with E-state index in [9.17, 15) is 4.79 Å². The van der Waals surface area contributed by atoms with Crippen LogP contribution in [-0.4, -0.2) is 33.5 Å². The summed E-state index contributed by atoms with van der Waals surface area (Å²) in [5.74, 6) is 1.66. The molecule has 2 aromatic carbocycles. The van der Waals surface area contributed by atoms with Crippen molar-refractivity contribution in [1.29, 1.82) is 0 Å². The van der Waals surface area contributed by atoms with Crippen LogP contribution in [0, 0.1) is 0 Å². The summed E-state index contributed by atoms with van der Waals surface area (Å²) in [4.78, 5) is 12.5. The number of benzene rings is 2. The van der Waals surface area contributed by atoms with E-state index in [-0.39, 0.29) is 17.8 Å². The minimum atomic E-state index is -0.389. The van der Waals surface area contributed by atoms with Gasteiger partial charge in [0.15, 0.2) is 17.1 Å². The van der Waals surface area contributed by atoms with Gasteiger partial charge < -0.3 is 14.8 Å². The molecular weight excluding hydrogens is 471 g/mol. The summed E-state index contributed by atoms with van der Waals surface area (Å²) < 4.78 is 13.1. The number of rotatable bonds is 10.